The molecule has 0 saturated heterocycles. The molecule has 2 heterocycles. The van der Waals surface area contributed by atoms with E-state index in [1.807, 2.05) is 12.1 Å². The Labute approximate surface area is 159 Å². The zero-order valence-corrected chi connectivity index (χ0v) is 15.4. The first-order chi connectivity index (χ1) is 12.5. The third-order valence-corrected chi connectivity index (χ3v) is 5.91. The van der Waals surface area contributed by atoms with Gasteiger partial charge in [-0.15, -0.1) is 11.3 Å². The van der Waals surface area contributed by atoms with Crippen molar-refractivity contribution in [2.24, 2.45) is 11.7 Å². The molecule has 0 bridgehead atoms. The fourth-order valence-corrected chi connectivity index (χ4v) is 4.08. The van der Waals surface area contributed by atoms with Crippen molar-refractivity contribution in [3.63, 3.8) is 0 Å². The Bertz CT molecular complexity index is 1000. The van der Waals surface area contributed by atoms with Crippen molar-refractivity contribution in [1.29, 1.82) is 0 Å². The average molecular weight is 389 g/mol. The van der Waals surface area contributed by atoms with Crippen LogP contribution in [0.2, 0.25) is 5.02 Å². The Morgan fingerprint density at radius 3 is 2.81 bits per heavy atom. The second-order valence-corrected chi connectivity index (χ2v) is 7.80. The van der Waals surface area contributed by atoms with E-state index < -0.39 is 5.91 Å². The number of aromatic nitrogens is 2. The van der Waals surface area contributed by atoms with Crippen molar-refractivity contribution in [1.82, 2.24) is 9.97 Å². The van der Waals surface area contributed by atoms with Crippen LogP contribution in [0.5, 0.6) is 6.01 Å². The van der Waals surface area contributed by atoms with E-state index in [0.717, 1.165) is 16.9 Å². The van der Waals surface area contributed by atoms with Gasteiger partial charge in [-0.3, -0.25) is 4.79 Å². The number of nitrogen functional groups attached to an aromatic ring is 1. The molecule has 6 nitrogen and oxygen atoms in total. The number of halogens is 1. The summed E-state index contributed by atoms with van der Waals surface area (Å²) < 4.78 is 5.81. The number of rotatable bonds is 5. The highest BCUT2D eigenvalue weighted by atomic mass is 35.5. The molecule has 0 spiro atoms. The predicted molar refractivity (Wildman–Crippen MR) is 104 cm³/mol. The quantitative estimate of drug-likeness (QED) is 0.690. The molecular weight excluding hydrogens is 372 g/mol. The summed E-state index contributed by atoms with van der Waals surface area (Å²) in [6.45, 7) is 0.587. The van der Waals surface area contributed by atoms with Crippen LogP contribution in [0.25, 0.3) is 21.5 Å². The van der Waals surface area contributed by atoms with Gasteiger partial charge in [0.2, 0.25) is 0 Å². The highest BCUT2D eigenvalue weighted by Crippen LogP contribution is 2.39. The standard InChI is InChI=1S/C18H17ClN4O2S/c19-11-6-2-5-10(7-11)14-12-13(20)15(16(21)24)26-17(12)23-18(22-14)25-8-9-3-1-4-9/h2,5-7,9H,1,3-4,8,20H2,(H2,21,24). The lowest BCUT2D eigenvalue weighted by molar-refractivity contribution is 0.100. The third kappa shape index (κ3) is 3.08. The Morgan fingerprint density at radius 2 is 2.15 bits per heavy atom. The van der Waals surface area contributed by atoms with Crippen LogP contribution in [-0.4, -0.2) is 22.5 Å². The Kier molecular flexibility index (Phi) is 4.42. The van der Waals surface area contributed by atoms with Crippen LogP contribution in [0.4, 0.5) is 5.69 Å². The van der Waals surface area contributed by atoms with Crippen LogP contribution in [0, 0.1) is 5.92 Å². The average Bonchev–Trinajstić information content (AvgIpc) is 2.90. The molecule has 1 aliphatic rings. The topological polar surface area (TPSA) is 104 Å². The number of nitrogens with two attached hydrogens (primary N) is 2. The first kappa shape index (κ1) is 17.1. The molecule has 4 N–H and O–H groups in total. The van der Waals surface area contributed by atoms with Gasteiger partial charge in [-0.2, -0.15) is 9.97 Å². The molecule has 1 fully saturated rings. The summed E-state index contributed by atoms with van der Waals surface area (Å²) in [6, 6.07) is 7.56. The number of carbonyl (C=O) groups is 1. The highest BCUT2D eigenvalue weighted by Gasteiger charge is 2.23. The van der Waals surface area contributed by atoms with Crippen LogP contribution in [0.1, 0.15) is 28.9 Å². The Hall–Kier alpha value is -2.38. The third-order valence-electron chi connectivity index (χ3n) is 4.56. The van der Waals surface area contributed by atoms with Crippen LogP contribution in [0.15, 0.2) is 24.3 Å². The highest BCUT2D eigenvalue weighted by molar-refractivity contribution is 7.21. The molecule has 1 aromatic carbocycles. The lowest BCUT2D eigenvalue weighted by atomic mass is 9.86. The van der Waals surface area contributed by atoms with E-state index in [4.69, 9.17) is 27.8 Å². The fourth-order valence-electron chi connectivity index (χ4n) is 2.95. The molecule has 1 aliphatic carbocycles. The number of ether oxygens (including phenoxy) is 1. The van der Waals surface area contributed by atoms with E-state index in [0.29, 0.717) is 33.5 Å². The number of fused-ring (bicyclic) bond motifs is 1. The van der Waals surface area contributed by atoms with Gasteiger partial charge in [-0.1, -0.05) is 30.2 Å². The lowest BCUT2D eigenvalue weighted by Gasteiger charge is -2.24. The number of amides is 1. The van der Waals surface area contributed by atoms with E-state index >= 15 is 0 Å². The number of hydrogen-bond donors (Lipinski definition) is 2. The molecule has 26 heavy (non-hydrogen) atoms. The first-order valence-corrected chi connectivity index (χ1v) is 9.51. The van der Waals surface area contributed by atoms with E-state index in [-0.39, 0.29) is 16.6 Å². The summed E-state index contributed by atoms with van der Waals surface area (Å²) in [5, 5.41) is 1.18. The molecule has 1 amide bonds. The van der Waals surface area contributed by atoms with Gasteiger partial charge in [0.1, 0.15) is 9.71 Å². The number of carbonyl (C=O) groups excluding carboxylic acids is 1. The van der Waals surface area contributed by atoms with E-state index in [9.17, 15) is 4.79 Å². The molecule has 1 saturated carbocycles. The number of nitrogens with zero attached hydrogens (tertiary/aromatic N) is 2. The maximum absolute atomic E-state index is 11.7. The zero-order valence-electron chi connectivity index (χ0n) is 13.9. The van der Waals surface area contributed by atoms with Crippen molar-refractivity contribution >= 4 is 44.7 Å². The SMILES string of the molecule is NC(=O)c1sc2nc(OCC3CCC3)nc(-c3cccc(Cl)c3)c2c1N. The number of benzene rings is 1. The van der Waals surface area contributed by atoms with Gasteiger partial charge in [0, 0.05) is 10.6 Å². The molecule has 0 aliphatic heterocycles. The largest absolute Gasteiger partial charge is 0.463 e. The van der Waals surface area contributed by atoms with Crippen LogP contribution in [-0.2, 0) is 0 Å². The molecular formula is C18H17ClN4O2S. The summed E-state index contributed by atoms with van der Waals surface area (Å²) in [5.41, 5.74) is 13.3. The monoisotopic (exact) mass is 388 g/mol. The normalized spacial score (nSPS) is 14.3. The van der Waals surface area contributed by atoms with Gasteiger partial charge in [-0.05, 0) is 30.9 Å². The van der Waals surface area contributed by atoms with Crippen LogP contribution in [0.3, 0.4) is 0 Å². The minimum Gasteiger partial charge on any atom is -0.463 e. The summed E-state index contributed by atoms with van der Waals surface area (Å²) in [7, 11) is 0. The van der Waals surface area contributed by atoms with Crippen molar-refractivity contribution < 1.29 is 9.53 Å². The summed E-state index contributed by atoms with van der Waals surface area (Å²) >= 11 is 7.28. The molecule has 0 atom stereocenters. The van der Waals surface area contributed by atoms with E-state index in [2.05, 4.69) is 9.97 Å². The minimum absolute atomic E-state index is 0.272. The smallest absolute Gasteiger partial charge is 0.318 e. The molecule has 0 unspecified atom stereocenters. The van der Waals surface area contributed by atoms with Crippen LogP contribution < -0.4 is 16.2 Å². The molecule has 2 aromatic heterocycles. The summed E-state index contributed by atoms with van der Waals surface area (Å²) in [5.74, 6) is -0.0296. The summed E-state index contributed by atoms with van der Waals surface area (Å²) in [6.07, 6.45) is 3.58. The van der Waals surface area contributed by atoms with Crippen molar-refractivity contribution in [3.8, 4) is 17.3 Å². The van der Waals surface area contributed by atoms with Gasteiger partial charge in [0.05, 0.1) is 23.4 Å². The Morgan fingerprint density at radius 1 is 1.35 bits per heavy atom. The molecule has 8 heteroatoms. The molecule has 0 radical (unpaired) electrons. The first-order valence-electron chi connectivity index (χ1n) is 8.31. The number of anilines is 1. The second-order valence-electron chi connectivity index (χ2n) is 6.36. The number of thiophene rings is 1. The summed E-state index contributed by atoms with van der Waals surface area (Å²) in [4.78, 5) is 21.5. The maximum Gasteiger partial charge on any atom is 0.318 e. The Balaban J connectivity index is 1.85. The number of primary amides is 1. The van der Waals surface area contributed by atoms with E-state index in [1.165, 1.54) is 19.3 Å². The zero-order chi connectivity index (χ0) is 18.3. The lowest BCUT2D eigenvalue weighted by Crippen LogP contribution is -2.20. The van der Waals surface area contributed by atoms with E-state index in [1.54, 1.807) is 12.1 Å². The van der Waals surface area contributed by atoms with Gasteiger partial charge >= 0.3 is 6.01 Å². The molecule has 4 rings (SSSR count). The van der Waals surface area contributed by atoms with Gasteiger partial charge in [0.25, 0.3) is 5.91 Å². The van der Waals surface area contributed by atoms with Gasteiger partial charge < -0.3 is 16.2 Å². The van der Waals surface area contributed by atoms with Crippen molar-refractivity contribution in [2.45, 2.75) is 19.3 Å². The van der Waals surface area contributed by atoms with Crippen molar-refractivity contribution in [2.75, 3.05) is 12.3 Å². The predicted octanol–water partition coefficient (Wildman–Crippen LogP) is 3.87. The van der Waals surface area contributed by atoms with Crippen LogP contribution >= 0.6 is 22.9 Å². The minimum atomic E-state index is -0.584. The van der Waals surface area contributed by atoms with Crippen molar-refractivity contribution in [3.05, 3.63) is 34.2 Å². The van der Waals surface area contributed by atoms with Gasteiger partial charge in [-0.25, -0.2) is 0 Å². The second kappa shape index (κ2) is 6.74. The fraction of sp³-hybridized carbons (Fsp3) is 0.278. The number of hydrogen-bond acceptors (Lipinski definition) is 6. The molecule has 134 valence electrons. The maximum atomic E-state index is 11.7. The van der Waals surface area contributed by atoms with Gasteiger partial charge in [0.15, 0.2) is 0 Å². The molecule has 3 aromatic rings.